The molecule has 0 atom stereocenters. The first-order chi connectivity index (χ1) is 11.1. The summed E-state index contributed by atoms with van der Waals surface area (Å²) in [7, 11) is 1.55. The average molecular weight is 317 g/mol. The molecule has 0 aliphatic rings. The largest absolute Gasteiger partial charge is 0.497 e. The van der Waals surface area contributed by atoms with E-state index in [0.717, 1.165) is 23.6 Å². The number of hydrogen-bond donors (Lipinski definition) is 1. The van der Waals surface area contributed by atoms with Crippen LogP contribution in [0.25, 0.3) is 11.0 Å². The van der Waals surface area contributed by atoms with Crippen LogP contribution in [0.2, 0.25) is 0 Å². The van der Waals surface area contributed by atoms with E-state index in [4.69, 9.17) is 9.15 Å². The summed E-state index contributed by atoms with van der Waals surface area (Å²) in [4.78, 5) is 12.0. The molecule has 2 aromatic carbocycles. The van der Waals surface area contributed by atoms with Crippen LogP contribution in [0, 0.1) is 11.6 Å². The van der Waals surface area contributed by atoms with E-state index in [2.05, 4.69) is 5.32 Å². The molecular weight excluding hydrogens is 304 g/mol. The maximum atomic E-state index is 13.5. The molecule has 3 aromatic rings. The summed E-state index contributed by atoms with van der Waals surface area (Å²) >= 11 is 0. The lowest BCUT2D eigenvalue weighted by Crippen LogP contribution is -2.15. The SMILES string of the molecule is COc1ccc2c(CC(=O)Nc3cc(F)ccc3F)coc2c1. The quantitative estimate of drug-likeness (QED) is 0.794. The smallest absolute Gasteiger partial charge is 0.229 e. The molecule has 0 unspecified atom stereocenters. The number of ether oxygens (including phenoxy) is 1. The topological polar surface area (TPSA) is 51.5 Å². The molecule has 0 bridgehead atoms. The van der Waals surface area contributed by atoms with Crippen LogP contribution in [0.1, 0.15) is 5.56 Å². The Hall–Kier alpha value is -2.89. The number of fused-ring (bicyclic) bond motifs is 1. The van der Waals surface area contributed by atoms with Crippen LogP contribution in [-0.4, -0.2) is 13.0 Å². The average Bonchev–Trinajstić information content (AvgIpc) is 2.93. The number of amides is 1. The van der Waals surface area contributed by atoms with E-state index < -0.39 is 17.5 Å². The molecule has 0 saturated heterocycles. The molecule has 4 nitrogen and oxygen atoms in total. The van der Waals surface area contributed by atoms with Crippen molar-refractivity contribution in [2.24, 2.45) is 0 Å². The molecule has 1 N–H and O–H groups in total. The van der Waals surface area contributed by atoms with Crippen LogP contribution in [0.4, 0.5) is 14.5 Å². The van der Waals surface area contributed by atoms with Crippen molar-refractivity contribution < 1.29 is 22.7 Å². The second-order valence-electron chi connectivity index (χ2n) is 4.97. The molecule has 118 valence electrons. The van der Waals surface area contributed by atoms with Crippen molar-refractivity contribution in [2.75, 3.05) is 12.4 Å². The van der Waals surface area contributed by atoms with Crippen molar-refractivity contribution in [3.63, 3.8) is 0 Å². The molecule has 1 aromatic heterocycles. The van der Waals surface area contributed by atoms with Gasteiger partial charge in [0, 0.05) is 23.1 Å². The lowest BCUT2D eigenvalue weighted by molar-refractivity contribution is -0.115. The van der Waals surface area contributed by atoms with Crippen molar-refractivity contribution in [1.29, 1.82) is 0 Å². The predicted octanol–water partition coefficient (Wildman–Crippen LogP) is 3.90. The number of methoxy groups -OCH3 is 1. The minimum atomic E-state index is -0.693. The van der Waals surface area contributed by atoms with Crippen molar-refractivity contribution in [3.05, 3.63) is 59.9 Å². The molecule has 0 aliphatic carbocycles. The van der Waals surface area contributed by atoms with E-state index in [1.807, 2.05) is 0 Å². The number of furan rings is 1. The number of anilines is 1. The standard InChI is InChI=1S/C17H13F2NO3/c1-22-12-3-4-13-10(9-23-16(13)8-12)6-17(21)20-15-7-11(18)2-5-14(15)19/h2-5,7-9H,6H2,1H3,(H,20,21). The summed E-state index contributed by atoms with van der Waals surface area (Å²) in [5, 5.41) is 3.12. The number of halogens is 2. The van der Waals surface area contributed by atoms with Gasteiger partial charge in [0.15, 0.2) is 0 Å². The Morgan fingerprint density at radius 1 is 1.22 bits per heavy atom. The summed E-state index contributed by atoms with van der Waals surface area (Å²) in [6, 6.07) is 8.13. The maximum absolute atomic E-state index is 13.5. The minimum Gasteiger partial charge on any atom is -0.497 e. The van der Waals surface area contributed by atoms with E-state index in [9.17, 15) is 13.6 Å². The Kier molecular flexibility index (Phi) is 3.97. The Morgan fingerprint density at radius 3 is 2.83 bits per heavy atom. The number of nitrogens with one attached hydrogen (secondary N) is 1. The zero-order valence-corrected chi connectivity index (χ0v) is 12.2. The first-order valence-electron chi connectivity index (χ1n) is 6.86. The molecule has 0 spiro atoms. The Bertz CT molecular complexity index is 873. The zero-order chi connectivity index (χ0) is 16.4. The van der Waals surface area contributed by atoms with Crippen molar-refractivity contribution in [3.8, 4) is 5.75 Å². The van der Waals surface area contributed by atoms with Gasteiger partial charge < -0.3 is 14.5 Å². The van der Waals surface area contributed by atoms with Crippen LogP contribution in [-0.2, 0) is 11.2 Å². The molecule has 1 amide bonds. The molecule has 0 saturated carbocycles. The highest BCUT2D eigenvalue weighted by Gasteiger charge is 2.13. The number of rotatable bonds is 4. The number of carbonyl (C=O) groups is 1. The van der Waals surface area contributed by atoms with Gasteiger partial charge in [-0.3, -0.25) is 4.79 Å². The first-order valence-corrected chi connectivity index (χ1v) is 6.86. The monoisotopic (exact) mass is 317 g/mol. The van der Waals surface area contributed by atoms with Gasteiger partial charge in [-0.25, -0.2) is 8.78 Å². The lowest BCUT2D eigenvalue weighted by Gasteiger charge is -2.06. The lowest BCUT2D eigenvalue weighted by atomic mass is 10.1. The third-order valence-corrected chi connectivity index (χ3v) is 3.42. The van der Waals surface area contributed by atoms with Gasteiger partial charge in [-0.15, -0.1) is 0 Å². The van der Waals surface area contributed by atoms with Crippen molar-refractivity contribution >= 4 is 22.6 Å². The Balaban J connectivity index is 1.79. The highest BCUT2D eigenvalue weighted by Crippen LogP contribution is 2.26. The van der Waals surface area contributed by atoms with Gasteiger partial charge in [0.1, 0.15) is 23.0 Å². The highest BCUT2D eigenvalue weighted by atomic mass is 19.1. The summed E-state index contributed by atoms with van der Waals surface area (Å²) < 4.78 is 37.1. The molecule has 23 heavy (non-hydrogen) atoms. The van der Waals surface area contributed by atoms with E-state index in [0.29, 0.717) is 16.9 Å². The second-order valence-corrected chi connectivity index (χ2v) is 4.97. The second kappa shape index (κ2) is 6.08. The zero-order valence-electron chi connectivity index (χ0n) is 12.2. The van der Waals surface area contributed by atoms with Crippen molar-refractivity contribution in [2.45, 2.75) is 6.42 Å². The predicted molar refractivity (Wildman–Crippen MR) is 81.5 cm³/mol. The van der Waals surface area contributed by atoms with E-state index in [1.165, 1.54) is 6.26 Å². The van der Waals surface area contributed by atoms with Gasteiger partial charge in [0.2, 0.25) is 5.91 Å². The van der Waals surface area contributed by atoms with E-state index in [-0.39, 0.29) is 12.1 Å². The Morgan fingerprint density at radius 2 is 2.04 bits per heavy atom. The van der Waals surface area contributed by atoms with Crippen LogP contribution in [0.3, 0.4) is 0 Å². The molecule has 3 rings (SSSR count). The van der Waals surface area contributed by atoms with Gasteiger partial charge in [-0.1, -0.05) is 0 Å². The van der Waals surface area contributed by atoms with Gasteiger partial charge in [-0.2, -0.15) is 0 Å². The van der Waals surface area contributed by atoms with E-state index >= 15 is 0 Å². The molecule has 0 aliphatic heterocycles. The molecule has 1 heterocycles. The highest BCUT2D eigenvalue weighted by molar-refractivity contribution is 5.95. The fourth-order valence-electron chi connectivity index (χ4n) is 2.29. The fourth-order valence-corrected chi connectivity index (χ4v) is 2.29. The fraction of sp³-hybridized carbons (Fsp3) is 0.118. The molecule has 6 heteroatoms. The van der Waals surface area contributed by atoms with E-state index in [1.54, 1.807) is 25.3 Å². The Labute approximate surface area is 130 Å². The normalized spacial score (nSPS) is 10.7. The van der Waals surface area contributed by atoms with Crippen molar-refractivity contribution in [1.82, 2.24) is 0 Å². The number of carbonyl (C=O) groups excluding carboxylic acids is 1. The van der Waals surface area contributed by atoms with Gasteiger partial charge in [-0.05, 0) is 24.3 Å². The van der Waals surface area contributed by atoms with Crippen LogP contribution in [0.15, 0.2) is 47.1 Å². The molecule has 0 fully saturated rings. The van der Waals surface area contributed by atoms with Gasteiger partial charge in [0.25, 0.3) is 0 Å². The number of hydrogen-bond acceptors (Lipinski definition) is 3. The summed E-state index contributed by atoms with van der Waals surface area (Å²) in [5.74, 6) is -1.14. The third-order valence-electron chi connectivity index (χ3n) is 3.42. The number of benzene rings is 2. The maximum Gasteiger partial charge on any atom is 0.229 e. The first kappa shape index (κ1) is 15.0. The minimum absolute atomic E-state index is 0.0186. The third kappa shape index (κ3) is 3.15. The molecular formula is C17H13F2NO3. The summed E-state index contributed by atoms with van der Waals surface area (Å²) in [6.07, 6.45) is 1.45. The van der Waals surface area contributed by atoms with Gasteiger partial charge in [0.05, 0.1) is 25.5 Å². The summed E-state index contributed by atoms with van der Waals surface area (Å²) in [6.45, 7) is 0. The van der Waals surface area contributed by atoms with Gasteiger partial charge >= 0.3 is 0 Å². The van der Waals surface area contributed by atoms with Crippen LogP contribution >= 0.6 is 0 Å². The van der Waals surface area contributed by atoms with Crippen LogP contribution in [0.5, 0.6) is 5.75 Å². The molecule has 0 radical (unpaired) electrons. The van der Waals surface area contributed by atoms with Crippen LogP contribution < -0.4 is 10.1 Å². The summed E-state index contributed by atoms with van der Waals surface area (Å²) in [5.41, 5.74) is 1.05.